The minimum Gasteiger partial charge on any atom is -1.00 e. The van der Waals surface area contributed by atoms with Gasteiger partial charge in [-0.05, 0) is 20.3 Å². The largest absolute Gasteiger partial charge is 1.00 e. The van der Waals surface area contributed by atoms with E-state index in [4.69, 9.17) is 14.2 Å². The van der Waals surface area contributed by atoms with Crippen LogP contribution in [0.2, 0.25) is 0 Å². The number of unbranched alkanes of at least 4 members (excludes halogenated alkanes) is 15. The Bertz CT molecular complexity index is 801. The maximum absolute atomic E-state index is 12.7. The second-order valence-electron chi connectivity index (χ2n) is 11.7. The van der Waals surface area contributed by atoms with Crippen molar-refractivity contribution in [3.8, 4) is 0 Å². The second kappa shape index (κ2) is 27.5. The van der Waals surface area contributed by atoms with Crippen LogP contribution >= 0.6 is 0 Å². The van der Waals surface area contributed by atoms with E-state index in [1.807, 2.05) is 42.1 Å². The molecule has 0 fully saturated rings. The first-order chi connectivity index (χ1) is 20.4. The van der Waals surface area contributed by atoms with Gasteiger partial charge in [0, 0.05) is 32.3 Å². The molecule has 1 aromatic rings. The number of ether oxygens (including phenoxy) is 3. The summed E-state index contributed by atoms with van der Waals surface area (Å²) in [6.45, 7) is 8.35. The van der Waals surface area contributed by atoms with Crippen molar-refractivity contribution >= 4 is 12.2 Å². The monoisotopic (exact) mass is 627 g/mol. The molecule has 1 aromatic heterocycles. The second-order valence-corrected chi connectivity index (χ2v) is 11.7. The van der Waals surface area contributed by atoms with Crippen LogP contribution in [-0.2, 0) is 20.8 Å². The van der Waals surface area contributed by atoms with Crippen molar-refractivity contribution in [3.05, 3.63) is 30.6 Å². The van der Waals surface area contributed by atoms with E-state index in [1.54, 1.807) is 11.8 Å². The van der Waals surface area contributed by atoms with E-state index in [2.05, 4.69) is 12.2 Å². The van der Waals surface area contributed by atoms with E-state index in [-0.39, 0.29) is 31.7 Å². The zero-order valence-electron chi connectivity index (χ0n) is 27.8. The number of methoxy groups -OCH3 is 1. The summed E-state index contributed by atoms with van der Waals surface area (Å²) in [5, 5.41) is 2.73. The van der Waals surface area contributed by atoms with Gasteiger partial charge in [0.1, 0.15) is 18.8 Å². The molecule has 0 saturated heterocycles. The van der Waals surface area contributed by atoms with Gasteiger partial charge in [-0.3, -0.25) is 0 Å². The summed E-state index contributed by atoms with van der Waals surface area (Å²) in [4.78, 5) is 26.5. The highest BCUT2D eigenvalue weighted by molar-refractivity contribution is 5.68. The molecule has 0 aromatic carbocycles. The first kappa shape index (κ1) is 40.9. The van der Waals surface area contributed by atoms with Crippen LogP contribution in [0.15, 0.2) is 30.6 Å². The average Bonchev–Trinajstić information content (AvgIpc) is 3.01. The Kier molecular flexibility index (Phi) is 26.2. The highest BCUT2D eigenvalue weighted by Gasteiger charge is 2.29. The van der Waals surface area contributed by atoms with Crippen LogP contribution in [0.4, 0.5) is 9.59 Å². The van der Waals surface area contributed by atoms with Gasteiger partial charge in [0.15, 0.2) is 18.9 Å². The first-order valence-electron chi connectivity index (χ1n) is 16.8. The summed E-state index contributed by atoms with van der Waals surface area (Å²) in [5.41, 5.74) is -0.922. The van der Waals surface area contributed by atoms with Gasteiger partial charge < -0.3 is 36.8 Å². The molecule has 0 aliphatic carbocycles. The third-order valence-corrected chi connectivity index (χ3v) is 7.84. The first-order valence-corrected chi connectivity index (χ1v) is 16.8. The number of rotatable bonds is 26. The normalized spacial score (nSPS) is 12.2. The number of carbonyl (C=O) groups is 2. The molecule has 0 radical (unpaired) electrons. The molecular weight excluding hydrogens is 566 g/mol. The number of alkyl carbamates (subject to hydrolysis) is 1. The topological polar surface area (TPSA) is 81.0 Å². The molecule has 1 rings (SSSR count). The van der Waals surface area contributed by atoms with Crippen LogP contribution in [0.3, 0.4) is 0 Å². The van der Waals surface area contributed by atoms with Crippen molar-refractivity contribution < 1.29 is 40.8 Å². The summed E-state index contributed by atoms with van der Waals surface area (Å²) in [5.74, 6) is 0. The van der Waals surface area contributed by atoms with Gasteiger partial charge >= 0.3 is 12.2 Å². The van der Waals surface area contributed by atoms with Crippen molar-refractivity contribution in [2.45, 2.75) is 136 Å². The molecule has 43 heavy (non-hydrogen) atoms. The van der Waals surface area contributed by atoms with Crippen LogP contribution in [0.1, 0.15) is 124 Å². The quantitative estimate of drug-likeness (QED) is 0.118. The molecule has 0 saturated carbocycles. The zero-order valence-corrected chi connectivity index (χ0v) is 28.5. The van der Waals surface area contributed by atoms with Crippen molar-refractivity contribution in [2.75, 3.05) is 40.0 Å². The number of carbonyl (C=O) groups excluding carboxylic acids is 2. The SMILES string of the molecule is CCCCCCCCCCCCCCCCCCN(CC)C(=O)OCC(C)(COC(=O)NCC[n+]1ccccc1)OC.[Cl-]. The Morgan fingerprint density at radius 1 is 0.744 bits per heavy atom. The van der Waals surface area contributed by atoms with Gasteiger partial charge in [0.05, 0.1) is 6.54 Å². The summed E-state index contributed by atoms with van der Waals surface area (Å²) in [6.07, 6.45) is 24.2. The predicted octanol–water partition coefficient (Wildman–Crippen LogP) is 4.83. The number of hydrogen-bond donors (Lipinski definition) is 1. The molecule has 0 aliphatic rings. The third kappa shape index (κ3) is 22.2. The van der Waals surface area contributed by atoms with Crippen LogP contribution < -0.4 is 22.3 Å². The molecule has 0 aliphatic heterocycles. The van der Waals surface area contributed by atoms with E-state index in [9.17, 15) is 9.59 Å². The predicted molar refractivity (Wildman–Crippen MR) is 170 cm³/mol. The van der Waals surface area contributed by atoms with Crippen LogP contribution in [0.5, 0.6) is 0 Å². The lowest BCUT2D eigenvalue weighted by molar-refractivity contribution is -0.694. The Labute approximate surface area is 269 Å². The maximum atomic E-state index is 12.7. The van der Waals surface area contributed by atoms with Crippen LogP contribution in [0.25, 0.3) is 0 Å². The lowest BCUT2D eigenvalue weighted by Gasteiger charge is -2.28. The Morgan fingerprint density at radius 2 is 1.23 bits per heavy atom. The minimum atomic E-state index is -0.922. The highest BCUT2D eigenvalue weighted by Crippen LogP contribution is 2.15. The fraction of sp³-hybridized carbons (Fsp3) is 0.794. The standard InChI is InChI=1S/C34H61N3O5.ClH/c1-5-7-8-9-10-11-12-13-14-15-16-17-18-19-20-24-28-37(6-2)33(39)42-31-34(3,40-4)30-41-32(38)35-25-29-36-26-22-21-23-27-36;/h21-23,26-27H,5-20,24-25,28-31H2,1-4H3;1H. The van der Waals surface area contributed by atoms with Crippen LogP contribution in [0, 0.1) is 0 Å². The highest BCUT2D eigenvalue weighted by atomic mass is 35.5. The molecule has 0 bridgehead atoms. The Hall–Kier alpha value is -2.06. The van der Waals surface area contributed by atoms with Crippen molar-refractivity contribution in [3.63, 3.8) is 0 Å². The number of hydrogen-bond acceptors (Lipinski definition) is 5. The van der Waals surface area contributed by atoms with Gasteiger partial charge in [0.2, 0.25) is 0 Å². The van der Waals surface area contributed by atoms with E-state index < -0.39 is 11.7 Å². The summed E-state index contributed by atoms with van der Waals surface area (Å²) in [6, 6.07) is 5.81. The van der Waals surface area contributed by atoms with Gasteiger partial charge in [-0.15, -0.1) is 0 Å². The number of nitrogens with one attached hydrogen (secondary N) is 1. The lowest BCUT2D eigenvalue weighted by Crippen LogP contribution is -3.00. The number of aromatic nitrogens is 1. The molecule has 1 N–H and O–H groups in total. The molecule has 9 heteroatoms. The summed E-state index contributed by atoms with van der Waals surface area (Å²) >= 11 is 0. The van der Waals surface area contributed by atoms with Crippen LogP contribution in [-0.4, -0.2) is 62.6 Å². The number of amides is 2. The van der Waals surface area contributed by atoms with Crippen molar-refractivity contribution in [1.29, 1.82) is 0 Å². The van der Waals surface area contributed by atoms with E-state index >= 15 is 0 Å². The summed E-state index contributed by atoms with van der Waals surface area (Å²) < 4.78 is 18.4. The average molecular weight is 628 g/mol. The maximum Gasteiger partial charge on any atom is 0.409 e. The minimum absolute atomic E-state index is 0. The smallest absolute Gasteiger partial charge is 0.409 e. The van der Waals surface area contributed by atoms with Gasteiger partial charge in [-0.2, -0.15) is 0 Å². The zero-order chi connectivity index (χ0) is 30.7. The fourth-order valence-electron chi connectivity index (χ4n) is 4.83. The molecule has 1 heterocycles. The molecule has 0 spiro atoms. The number of halogens is 1. The molecule has 8 nitrogen and oxygen atoms in total. The lowest BCUT2D eigenvalue weighted by atomic mass is 10.0. The molecule has 250 valence electrons. The van der Waals surface area contributed by atoms with Crippen molar-refractivity contribution in [2.24, 2.45) is 0 Å². The number of nitrogens with zero attached hydrogens (tertiary/aromatic N) is 2. The summed E-state index contributed by atoms with van der Waals surface area (Å²) in [7, 11) is 1.52. The Morgan fingerprint density at radius 3 is 1.72 bits per heavy atom. The molecule has 1 unspecified atom stereocenters. The van der Waals surface area contributed by atoms with E-state index in [0.29, 0.717) is 26.2 Å². The van der Waals surface area contributed by atoms with Gasteiger partial charge in [-0.25, -0.2) is 14.2 Å². The third-order valence-electron chi connectivity index (χ3n) is 7.84. The molecular formula is C34H62ClN3O5. The Balaban J connectivity index is 0.0000176. The van der Waals surface area contributed by atoms with E-state index in [0.717, 1.165) is 12.8 Å². The molecule has 1 atom stereocenters. The van der Waals surface area contributed by atoms with Gasteiger partial charge in [0.25, 0.3) is 0 Å². The number of pyridine rings is 1. The fourth-order valence-corrected chi connectivity index (χ4v) is 4.83. The van der Waals surface area contributed by atoms with Gasteiger partial charge in [-0.1, -0.05) is 109 Å². The van der Waals surface area contributed by atoms with E-state index in [1.165, 1.54) is 97.0 Å². The van der Waals surface area contributed by atoms with Crippen molar-refractivity contribution in [1.82, 2.24) is 10.2 Å². The molecule has 2 amide bonds.